The van der Waals surface area contributed by atoms with Crippen molar-refractivity contribution in [2.45, 2.75) is 0 Å². The predicted molar refractivity (Wildman–Crippen MR) is 77.5 cm³/mol. The maximum Gasteiger partial charge on any atom is 0.253 e. The van der Waals surface area contributed by atoms with Crippen molar-refractivity contribution in [2.24, 2.45) is 11.7 Å². The quantitative estimate of drug-likeness (QED) is 0.884. The summed E-state index contributed by atoms with van der Waals surface area (Å²) in [7, 11) is 1.87. The number of hydrogen-bond donors (Lipinski definition) is 1. The highest BCUT2D eigenvalue weighted by Gasteiger charge is 2.28. The summed E-state index contributed by atoms with van der Waals surface area (Å²) in [5.74, 6) is -1.70. The van der Waals surface area contributed by atoms with Gasteiger partial charge in [-0.3, -0.25) is 9.59 Å². The predicted octanol–water partition coefficient (Wildman–Crippen LogP) is 0.968. The number of halogens is 2. The van der Waals surface area contributed by atoms with Crippen LogP contribution in [0.4, 0.5) is 4.39 Å². The Labute approximate surface area is 127 Å². The molecule has 0 unspecified atom stereocenters. The van der Waals surface area contributed by atoms with Crippen LogP contribution in [0.2, 0.25) is 5.02 Å². The van der Waals surface area contributed by atoms with Gasteiger partial charge in [0.25, 0.3) is 5.91 Å². The summed E-state index contributed by atoms with van der Waals surface area (Å²) in [6.07, 6.45) is 0. The van der Waals surface area contributed by atoms with E-state index >= 15 is 0 Å². The number of primary amides is 1. The third-order valence-electron chi connectivity index (χ3n) is 3.58. The van der Waals surface area contributed by atoms with Gasteiger partial charge in [0, 0.05) is 31.7 Å². The van der Waals surface area contributed by atoms with Gasteiger partial charge in [-0.15, -0.1) is 0 Å². The second kappa shape index (κ2) is 6.41. The number of likely N-dealkylation sites (N-methyl/N-ethyl adjacent to an activating group) is 1. The second-order valence-electron chi connectivity index (χ2n) is 5.24. The number of rotatable bonds is 2. The van der Waals surface area contributed by atoms with Crippen molar-refractivity contribution in [3.8, 4) is 0 Å². The van der Waals surface area contributed by atoms with Crippen molar-refractivity contribution in [3.63, 3.8) is 0 Å². The van der Waals surface area contributed by atoms with Crippen molar-refractivity contribution >= 4 is 23.4 Å². The van der Waals surface area contributed by atoms with E-state index in [2.05, 4.69) is 0 Å². The van der Waals surface area contributed by atoms with Crippen LogP contribution in [0, 0.1) is 11.7 Å². The van der Waals surface area contributed by atoms with Crippen molar-refractivity contribution in [2.75, 3.05) is 33.2 Å². The van der Waals surface area contributed by atoms with Crippen LogP contribution in [-0.4, -0.2) is 54.8 Å². The lowest BCUT2D eigenvalue weighted by molar-refractivity contribution is -0.122. The molecule has 1 aliphatic rings. The lowest BCUT2D eigenvalue weighted by Gasteiger charge is -2.22. The average molecular weight is 314 g/mol. The summed E-state index contributed by atoms with van der Waals surface area (Å²) in [6.45, 7) is 1.90. The zero-order chi connectivity index (χ0) is 15.6. The molecule has 1 fully saturated rings. The van der Waals surface area contributed by atoms with E-state index in [-0.39, 0.29) is 17.5 Å². The van der Waals surface area contributed by atoms with Crippen molar-refractivity contribution < 1.29 is 14.0 Å². The van der Waals surface area contributed by atoms with Gasteiger partial charge in [-0.05, 0) is 25.2 Å². The molecule has 1 saturated heterocycles. The number of carbonyl (C=O) groups excluding carboxylic acids is 2. The van der Waals surface area contributed by atoms with E-state index in [4.69, 9.17) is 17.3 Å². The molecule has 1 heterocycles. The first-order valence-electron chi connectivity index (χ1n) is 6.60. The summed E-state index contributed by atoms with van der Waals surface area (Å²) in [6, 6.07) is 3.84. The third kappa shape index (κ3) is 3.71. The maximum atomic E-state index is 13.2. The molecule has 0 bridgehead atoms. The van der Waals surface area contributed by atoms with E-state index in [1.165, 1.54) is 12.1 Å². The van der Waals surface area contributed by atoms with E-state index in [1.54, 1.807) is 4.90 Å². The SMILES string of the molecule is CN1CCN(C(=O)c2ccc(F)c(Cl)c2)C[C@H](C(N)=O)C1. The Morgan fingerprint density at radius 2 is 2.05 bits per heavy atom. The molecule has 1 aromatic rings. The van der Waals surface area contributed by atoms with Gasteiger partial charge in [-0.25, -0.2) is 4.39 Å². The summed E-state index contributed by atoms with van der Waals surface area (Å²) >= 11 is 5.70. The molecule has 5 nitrogen and oxygen atoms in total. The molecule has 0 aliphatic carbocycles. The van der Waals surface area contributed by atoms with E-state index in [0.29, 0.717) is 25.2 Å². The first-order chi connectivity index (χ1) is 9.88. The largest absolute Gasteiger partial charge is 0.369 e. The fourth-order valence-corrected chi connectivity index (χ4v) is 2.53. The first kappa shape index (κ1) is 15.7. The van der Waals surface area contributed by atoms with Gasteiger partial charge >= 0.3 is 0 Å². The standard InChI is InChI=1S/C14H17ClFN3O2/c1-18-4-5-19(8-10(7-18)13(17)20)14(21)9-2-3-12(16)11(15)6-9/h2-3,6,10H,4-5,7-8H2,1H3,(H2,17,20)/t10-/m1/s1. The molecule has 1 aromatic carbocycles. The Morgan fingerprint density at radius 1 is 1.33 bits per heavy atom. The van der Waals surface area contributed by atoms with E-state index in [9.17, 15) is 14.0 Å². The Kier molecular flexibility index (Phi) is 4.80. The fourth-order valence-electron chi connectivity index (χ4n) is 2.35. The van der Waals surface area contributed by atoms with Crippen LogP contribution in [0.25, 0.3) is 0 Å². The minimum atomic E-state index is -0.571. The molecule has 1 atom stereocenters. The highest BCUT2D eigenvalue weighted by atomic mass is 35.5. The van der Waals surface area contributed by atoms with Crippen molar-refractivity contribution in [1.82, 2.24) is 9.80 Å². The zero-order valence-corrected chi connectivity index (χ0v) is 12.4. The first-order valence-corrected chi connectivity index (χ1v) is 6.98. The number of benzene rings is 1. The molecule has 1 aliphatic heterocycles. The minimum absolute atomic E-state index is 0.0979. The number of amides is 2. The van der Waals surface area contributed by atoms with Gasteiger partial charge in [0.1, 0.15) is 5.82 Å². The molecule has 21 heavy (non-hydrogen) atoms. The van der Waals surface area contributed by atoms with Crippen LogP contribution in [0.15, 0.2) is 18.2 Å². The summed E-state index contributed by atoms with van der Waals surface area (Å²) in [5.41, 5.74) is 5.67. The highest BCUT2D eigenvalue weighted by molar-refractivity contribution is 6.31. The Hall–Kier alpha value is -1.66. The lowest BCUT2D eigenvalue weighted by Crippen LogP contribution is -2.40. The molecule has 0 aromatic heterocycles. The fraction of sp³-hybridized carbons (Fsp3) is 0.429. The smallest absolute Gasteiger partial charge is 0.253 e. The summed E-state index contributed by atoms with van der Waals surface area (Å²) in [4.78, 5) is 27.4. The topological polar surface area (TPSA) is 66.6 Å². The van der Waals surface area contributed by atoms with E-state index in [1.807, 2.05) is 11.9 Å². The molecule has 2 rings (SSSR count). The molecule has 2 N–H and O–H groups in total. The molecule has 0 radical (unpaired) electrons. The van der Waals surface area contributed by atoms with Gasteiger partial charge < -0.3 is 15.5 Å². The van der Waals surface area contributed by atoms with Gasteiger partial charge in [0.05, 0.1) is 10.9 Å². The van der Waals surface area contributed by atoms with Crippen LogP contribution < -0.4 is 5.73 Å². The molecule has 0 saturated carbocycles. The molecule has 7 heteroatoms. The van der Waals surface area contributed by atoms with Crippen molar-refractivity contribution in [3.05, 3.63) is 34.6 Å². The number of nitrogens with zero attached hydrogens (tertiary/aromatic N) is 2. The third-order valence-corrected chi connectivity index (χ3v) is 3.87. The number of hydrogen-bond acceptors (Lipinski definition) is 3. The Balaban J connectivity index is 2.20. The molecular formula is C14H17ClFN3O2. The molecular weight excluding hydrogens is 297 g/mol. The van der Waals surface area contributed by atoms with Crippen molar-refractivity contribution in [1.29, 1.82) is 0 Å². The molecule has 0 spiro atoms. The Morgan fingerprint density at radius 3 is 2.67 bits per heavy atom. The van der Waals surface area contributed by atoms with E-state index < -0.39 is 17.6 Å². The molecule has 2 amide bonds. The average Bonchev–Trinajstić information content (AvgIpc) is 2.63. The monoisotopic (exact) mass is 313 g/mol. The minimum Gasteiger partial charge on any atom is -0.369 e. The van der Waals surface area contributed by atoms with Gasteiger partial charge in [0.2, 0.25) is 5.91 Å². The zero-order valence-electron chi connectivity index (χ0n) is 11.7. The summed E-state index contributed by atoms with van der Waals surface area (Å²) in [5, 5.41) is -0.0979. The maximum absolute atomic E-state index is 13.2. The van der Waals surface area contributed by atoms with Gasteiger partial charge in [-0.2, -0.15) is 0 Å². The lowest BCUT2D eigenvalue weighted by atomic mass is 10.1. The second-order valence-corrected chi connectivity index (χ2v) is 5.65. The van der Waals surface area contributed by atoms with E-state index in [0.717, 1.165) is 6.07 Å². The van der Waals surface area contributed by atoms with Crippen LogP contribution >= 0.6 is 11.6 Å². The molecule has 114 valence electrons. The number of nitrogens with two attached hydrogens (primary N) is 1. The van der Waals surface area contributed by atoms with Crippen LogP contribution in [-0.2, 0) is 4.79 Å². The summed E-state index contributed by atoms with van der Waals surface area (Å²) < 4.78 is 13.2. The number of carbonyl (C=O) groups is 2. The highest BCUT2D eigenvalue weighted by Crippen LogP contribution is 2.18. The van der Waals surface area contributed by atoms with Crippen LogP contribution in [0.1, 0.15) is 10.4 Å². The Bertz CT molecular complexity index is 567. The van der Waals surface area contributed by atoms with Crippen LogP contribution in [0.5, 0.6) is 0 Å². The van der Waals surface area contributed by atoms with Gasteiger partial charge in [-0.1, -0.05) is 11.6 Å². The van der Waals surface area contributed by atoms with Crippen LogP contribution in [0.3, 0.4) is 0 Å². The van der Waals surface area contributed by atoms with Gasteiger partial charge in [0.15, 0.2) is 0 Å². The normalized spacial score (nSPS) is 20.1.